The van der Waals surface area contributed by atoms with Crippen LogP contribution in [0.3, 0.4) is 0 Å². The van der Waals surface area contributed by atoms with Crippen LogP contribution in [0.4, 0.5) is 5.95 Å². The lowest BCUT2D eigenvalue weighted by molar-refractivity contribution is 0.137. The van der Waals surface area contributed by atoms with Crippen molar-refractivity contribution in [3.8, 4) is 5.88 Å². The first-order valence-electron chi connectivity index (χ1n) is 4.74. The maximum absolute atomic E-state index is 5.69. The minimum atomic E-state index is 0.0981. The van der Waals surface area contributed by atoms with Crippen LogP contribution in [-0.4, -0.2) is 36.3 Å². The molecule has 5 nitrogen and oxygen atoms in total. The highest BCUT2D eigenvalue weighted by atomic mass is 79.9. The van der Waals surface area contributed by atoms with E-state index in [1.165, 1.54) is 0 Å². The second-order valence-electron chi connectivity index (χ2n) is 3.20. The Hall–Kier alpha value is -0.880. The molecule has 0 bridgehead atoms. The number of halogens is 1. The van der Waals surface area contributed by atoms with E-state index in [1.807, 2.05) is 0 Å². The summed E-state index contributed by atoms with van der Waals surface area (Å²) in [5, 5.41) is 2.87. The lowest BCUT2D eigenvalue weighted by Gasteiger charge is -2.12. The molecule has 1 aromatic rings. The molecule has 1 aliphatic rings. The Bertz CT molecular complexity index is 342. The number of aromatic nitrogens is 2. The van der Waals surface area contributed by atoms with Gasteiger partial charge in [0, 0.05) is 13.5 Å². The van der Waals surface area contributed by atoms with Crippen LogP contribution in [0.15, 0.2) is 10.7 Å². The molecule has 2 heterocycles. The molecule has 6 heteroatoms. The van der Waals surface area contributed by atoms with Crippen LogP contribution in [-0.2, 0) is 4.74 Å². The van der Waals surface area contributed by atoms with Gasteiger partial charge in [-0.05, 0) is 15.9 Å². The van der Waals surface area contributed by atoms with Crippen molar-refractivity contribution in [2.24, 2.45) is 0 Å². The van der Waals surface area contributed by atoms with Crippen molar-refractivity contribution in [1.29, 1.82) is 0 Å². The van der Waals surface area contributed by atoms with E-state index in [0.29, 0.717) is 18.4 Å². The number of anilines is 1. The predicted molar refractivity (Wildman–Crippen MR) is 59.1 cm³/mol. The second-order valence-corrected chi connectivity index (χ2v) is 4.05. The van der Waals surface area contributed by atoms with E-state index in [2.05, 4.69) is 31.2 Å². The molecule has 0 aromatic carbocycles. The number of hydrogen-bond donors (Lipinski definition) is 1. The Morgan fingerprint density at radius 3 is 3.20 bits per heavy atom. The van der Waals surface area contributed by atoms with Gasteiger partial charge < -0.3 is 14.8 Å². The van der Waals surface area contributed by atoms with E-state index in [0.717, 1.165) is 17.5 Å². The molecule has 0 aliphatic carbocycles. The van der Waals surface area contributed by atoms with Gasteiger partial charge in [0.2, 0.25) is 11.8 Å². The third-order valence-corrected chi connectivity index (χ3v) is 2.65. The summed E-state index contributed by atoms with van der Waals surface area (Å²) in [5.41, 5.74) is 0. The van der Waals surface area contributed by atoms with E-state index in [-0.39, 0.29) is 6.10 Å². The van der Waals surface area contributed by atoms with E-state index in [1.54, 1.807) is 13.2 Å². The summed E-state index contributed by atoms with van der Waals surface area (Å²) in [6.45, 7) is 1.39. The van der Waals surface area contributed by atoms with Crippen molar-refractivity contribution in [2.75, 3.05) is 25.6 Å². The van der Waals surface area contributed by atoms with Gasteiger partial charge >= 0.3 is 0 Å². The second kappa shape index (κ2) is 4.76. The number of rotatable bonds is 3. The molecule has 82 valence electrons. The van der Waals surface area contributed by atoms with E-state index in [4.69, 9.17) is 9.47 Å². The average molecular weight is 274 g/mol. The highest BCUT2D eigenvalue weighted by Crippen LogP contribution is 2.24. The average Bonchev–Trinajstić information content (AvgIpc) is 2.74. The fourth-order valence-electron chi connectivity index (χ4n) is 1.32. The van der Waals surface area contributed by atoms with Crippen LogP contribution in [0.5, 0.6) is 5.88 Å². The molecule has 0 spiro atoms. The zero-order chi connectivity index (χ0) is 10.7. The molecular weight excluding hydrogens is 262 g/mol. The third kappa shape index (κ3) is 2.57. The maximum atomic E-state index is 5.69. The van der Waals surface area contributed by atoms with Gasteiger partial charge in [-0.15, -0.1) is 0 Å². The minimum absolute atomic E-state index is 0.0981. The van der Waals surface area contributed by atoms with Crippen LogP contribution < -0.4 is 10.1 Å². The van der Waals surface area contributed by atoms with Gasteiger partial charge in [0.15, 0.2) is 0 Å². The summed E-state index contributed by atoms with van der Waals surface area (Å²) >= 11 is 3.35. The Balaban J connectivity index is 2.11. The van der Waals surface area contributed by atoms with Crippen molar-refractivity contribution in [3.63, 3.8) is 0 Å². The lowest BCUT2D eigenvalue weighted by Crippen LogP contribution is -2.17. The summed E-state index contributed by atoms with van der Waals surface area (Å²) in [7, 11) is 1.77. The van der Waals surface area contributed by atoms with Crippen LogP contribution in [0.2, 0.25) is 0 Å². The molecule has 2 rings (SSSR count). The molecule has 0 saturated carbocycles. The van der Waals surface area contributed by atoms with Gasteiger partial charge in [-0.1, -0.05) is 0 Å². The maximum Gasteiger partial charge on any atom is 0.233 e. The van der Waals surface area contributed by atoms with Gasteiger partial charge in [-0.3, -0.25) is 0 Å². The summed E-state index contributed by atoms with van der Waals surface area (Å²) < 4.78 is 11.7. The zero-order valence-corrected chi connectivity index (χ0v) is 9.95. The number of nitrogens with one attached hydrogen (secondary N) is 1. The summed E-state index contributed by atoms with van der Waals surface area (Å²) in [6.07, 6.45) is 2.68. The van der Waals surface area contributed by atoms with Crippen molar-refractivity contribution >= 4 is 21.9 Å². The predicted octanol–water partition coefficient (Wildman–Crippen LogP) is 1.45. The highest BCUT2D eigenvalue weighted by Gasteiger charge is 2.19. The Labute approximate surface area is 96.3 Å². The summed E-state index contributed by atoms with van der Waals surface area (Å²) in [5.74, 6) is 1.11. The van der Waals surface area contributed by atoms with Crippen molar-refractivity contribution in [3.05, 3.63) is 10.7 Å². The summed E-state index contributed by atoms with van der Waals surface area (Å²) in [6, 6.07) is 0. The highest BCUT2D eigenvalue weighted by molar-refractivity contribution is 9.10. The van der Waals surface area contributed by atoms with Gasteiger partial charge in [-0.25, -0.2) is 4.98 Å². The monoisotopic (exact) mass is 273 g/mol. The van der Waals surface area contributed by atoms with Crippen molar-refractivity contribution < 1.29 is 9.47 Å². The number of ether oxygens (including phenoxy) is 2. The van der Waals surface area contributed by atoms with Gasteiger partial charge in [0.25, 0.3) is 0 Å². The molecule has 1 saturated heterocycles. The number of hydrogen-bond acceptors (Lipinski definition) is 5. The topological polar surface area (TPSA) is 56.3 Å². The van der Waals surface area contributed by atoms with E-state index < -0.39 is 0 Å². The van der Waals surface area contributed by atoms with Crippen LogP contribution in [0.25, 0.3) is 0 Å². The molecule has 1 aromatic heterocycles. The molecule has 1 aliphatic heterocycles. The normalized spacial score (nSPS) is 20.3. The fraction of sp³-hybridized carbons (Fsp3) is 0.556. The summed E-state index contributed by atoms with van der Waals surface area (Å²) in [4.78, 5) is 8.26. The molecule has 15 heavy (non-hydrogen) atoms. The Morgan fingerprint density at radius 2 is 2.53 bits per heavy atom. The first-order valence-corrected chi connectivity index (χ1v) is 5.53. The molecule has 0 radical (unpaired) electrons. The van der Waals surface area contributed by atoms with Crippen LogP contribution >= 0.6 is 15.9 Å². The lowest BCUT2D eigenvalue weighted by atomic mass is 10.3. The van der Waals surface area contributed by atoms with Gasteiger partial charge in [0.05, 0.1) is 23.9 Å². The van der Waals surface area contributed by atoms with Crippen molar-refractivity contribution in [2.45, 2.75) is 12.5 Å². The molecule has 1 N–H and O–H groups in total. The first kappa shape index (κ1) is 10.6. The third-order valence-electron chi connectivity index (χ3n) is 2.10. The van der Waals surface area contributed by atoms with E-state index in [9.17, 15) is 0 Å². The standard InChI is InChI=1S/C9H12BrN3O2/c1-11-9-12-4-7(10)8(13-9)15-6-2-3-14-5-6/h4,6H,2-3,5H2,1H3,(H,11,12,13). The Kier molecular flexibility index (Phi) is 3.37. The minimum Gasteiger partial charge on any atom is -0.471 e. The van der Waals surface area contributed by atoms with E-state index >= 15 is 0 Å². The quantitative estimate of drug-likeness (QED) is 0.904. The van der Waals surface area contributed by atoms with Crippen molar-refractivity contribution in [1.82, 2.24) is 9.97 Å². The molecular formula is C9H12BrN3O2. The molecule has 1 atom stereocenters. The SMILES string of the molecule is CNc1ncc(Br)c(OC2CCOC2)n1. The zero-order valence-electron chi connectivity index (χ0n) is 8.36. The van der Waals surface area contributed by atoms with Crippen LogP contribution in [0, 0.1) is 0 Å². The van der Waals surface area contributed by atoms with Gasteiger partial charge in [-0.2, -0.15) is 4.98 Å². The molecule has 1 fully saturated rings. The largest absolute Gasteiger partial charge is 0.471 e. The first-order chi connectivity index (χ1) is 7.29. The van der Waals surface area contributed by atoms with Crippen LogP contribution in [0.1, 0.15) is 6.42 Å². The fourth-order valence-corrected chi connectivity index (χ4v) is 1.60. The molecule has 0 amide bonds. The smallest absolute Gasteiger partial charge is 0.233 e. The van der Waals surface area contributed by atoms with Gasteiger partial charge in [0.1, 0.15) is 6.10 Å². The number of nitrogens with zero attached hydrogens (tertiary/aromatic N) is 2. The molecule has 1 unspecified atom stereocenters. The Morgan fingerprint density at radius 1 is 1.67 bits per heavy atom.